The summed E-state index contributed by atoms with van der Waals surface area (Å²) in [6.07, 6.45) is 3.51. The molecule has 0 spiro atoms. The Labute approximate surface area is 152 Å². The van der Waals surface area contributed by atoms with Crippen LogP contribution in [0.1, 0.15) is 26.2 Å². The van der Waals surface area contributed by atoms with Crippen molar-refractivity contribution in [2.75, 3.05) is 17.2 Å². The first kappa shape index (κ1) is 15.8. The fourth-order valence-corrected chi connectivity index (χ4v) is 5.53. The van der Waals surface area contributed by atoms with Gasteiger partial charge in [-0.05, 0) is 48.2 Å². The predicted molar refractivity (Wildman–Crippen MR) is 100 cm³/mol. The van der Waals surface area contributed by atoms with Crippen LogP contribution in [0.2, 0.25) is 5.02 Å². The van der Waals surface area contributed by atoms with Gasteiger partial charge in [0, 0.05) is 35.2 Å². The van der Waals surface area contributed by atoms with Crippen molar-refractivity contribution >= 4 is 56.0 Å². The molecule has 23 heavy (non-hydrogen) atoms. The average molecular weight is 415 g/mol. The van der Waals surface area contributed by atoms with Crippen molar-refractivity contribution < 1.29 is 0 Å². The third kappa shape index (κ3) is 2.50. The van der Waals surface area contributed by atoms with Crippen molar-refractivity contribution in [2.45, 2.75) is 43.7 Å². The van der Waals surface area contributed by atoms with Crippen molar-refractivity contribution in [3.05, 3.63) is 26.0 Å². The van der Waals surface area contributed by atoms with Gasteiger partial charge in [-0.25, -0.2) is 4.79 Å². The maximum absolute atomic E-state index is 12.6. The summed E-state index contributed by atoms with van der Waals surface area (Å²) in [5, 5.41) is 1.67. The highest BCUT2D eigenvalue weighted by molar-refractivity contribution is 9.10. The van der Waals surface area contributed by atoms with Gasteiger partial charge in [-0.1, -0.05) is 11.6 Å². The Morgan fingerprint density at radius 1 is 1.39 bits per heavy atom. The van der Waals surface area contributed by atoms with Crippen LogP contribution in [0.15, 0.2) is 20.2 Å². The molecule has 1 atom stereocenters. The number of aryl methyl sites for hydroxylation is 1. The summed E-state index contributed by atoms with van der Waals surface area (Å²) in [6, 6.07) is 2.35. The van der Waals surface area contributed by atoms with Crippen LogP contribution in [0.5, 0.6) is 0 Å². The zero-order valence-electron chi connectivity index (χ0n) is 12.8. The van der Waals surface area contributed by atoms with Crippen molar-refractivity contribution in [1.29, 1.82) is 0 Å². The number of anilines is 1. The number of halogens is 2. The lowest BCUT2D eigenvalue weighted by Gasteiger charge is -2.35. The molecule has 1 aromatic heterocycles. The summed E-state index contributed by atoms with van der Waals surface area (Å²) in [6.45, 7) is 3.85. The third-order valence-corrected chi connectivity index (χ3v) is 7.42. The molecule has 4 nitrogen and oxygen atoms in total. The second-order valence-electron chi connectivity index (χ2n) is 6.15. The molecule has 0 aliphatic carbocycles. The van der Waals surface area contributed by atoms with Crippen LogP contribution in [0.4, 0.5) is 5.82 Å². The van der Waals surface area contributed by atoms with E-state index in [2.05, 4.69) is 32.7 Å². The highest BCUT2D eigenvalue weighted by atomic mass is 79.9. The molecule has 1 saturated heterocycles. The van der Waals surface area contributed by atoms with Crippen LogP contribution in [0, 0.1) is 0 Å². The van der Waals surface area contributed by atoms with Crippen molar-refractivity contribution in [1.82, 2.24) is 9.55 Å². The van der Waals surface area contributed by atoms with E-state index in [1.54, 1.807) is 16.3 Å². The number of aromatic nitrogens is 2. The SMILES string of the molecule is C[C@H]1CCCCN1c1nc(=O)n2c3c(c(Br)c(Cl)cc13)SCC2. The third-order valence-electron chi connectivity index (χ3n) is 4.73. The molecule has 0 radical (unpaired) electrons. The van der Waals surface area contributed by atoms with Gasteiger partial charge in [0.2, 0.25) is 0 Å². The van der Waals surface area contributed by atoms with E-state index < -0.39 is 0 Å². The summed E-state index contributed by atoms with van der Waals surface area (Å²) in [5.41, 5.74) is 0.825. The number of rotatable bonds is 1. The smallest absolute Gasteiger partial charge is 0.350 e. The predicted octanol–water partition coefficient (Wildman–Crippen LogP) is 4.30. The Balaban J connectivity index is 2.05. The Morgan fingerprint density at radius 3 is 3.00 bits per heavy atom. The quantitative estimate of drug-likeness (QED) is 0.697. The Morgan fingerprint density at radius 2 is 2.22 bits per heavy atom. The first-order chi connectivity index (χ1) is 11.1. The molecule has 0 bridgehead atoms. The maximum atomic E-state index is 12.6. The molecule has 2 aliphatic rings. The molecule has 7 heteroatoms. The zero-order chi connectivity index (χ0) is 16.1. The summed E-state index contributed by atoms with van der Waals surface area (Å²) < 4.78 is 2.67. The van der Waals surface area contributed by atoms with E-state index in [1.807, 2.05) is 6.07 Å². The lowest BCUT2D eigenvalue weighted by molar-refractivity contribution is 0.481. The van der Waals surface area contributed by atoms with E-state index in [-0.39, 0.29) is 5.69 Å². The molecule has 122 valence electrons. The Hall–Kier alpha value is -0.720. The summed E-state index contributed by atoms with van der Waals surface area (Å²) in [4.78, 5) is 20.4. The normalized spacial score (nSPS) is 21.0. The van der Waals surface area contributed by atoms with Gasteiger partial charge in [0.25, 0.3) is 0 Å². The average Bonchev–Trinajstić information content (AvgIpc) is 2.55. The van der Waals surface area contributed by atoms with E-state index in [0.29, 0.717) is 17.6 Å². The van der Waals surface area contributed by atoms with Crippen molar-refractivity contribution in [2.24, 2.45) is 0 Å². The number of thioether (sulfide) groups is 1. The number of hydrogen-bond acceptors (Lipinski definition) is 4. The monoisotopic (exact) mass is 413 g/mol. The zero-order valence-corrected chi connectivity index (χ0v) is 16.0. The Bertz CT molecular complexity index is 854. The van der Waals surface area contributed by atoms with E-state index in [4.69, 9.17) is 11.6 Å². The van der Waals surface area contributed by atoms with Gasteiger partial charge in [-0.3, -0.25) is 4.57 Å². The molecule has 0 N–H and O–H groups in total. The van der Waals surface area contributed by atoms with Gasteiger partial charge in [0.1, 0.15) is 5.82 Å². The molecule has 2 aliphatic heterocycles. The molecule has 1 aromatic carbocycles. The Kier molecular flexibility index (Phi) is 4.10. The van der Waals surface area contributed by atoms with Gasteiger partial charge < -0.3 is 4.90 Å². The highest BCUT2D eigenvalue weighted by Crippen LogP contribution is 2.43. The van der Waals surface area contributed by atoms with Gasteiger partial charge in [-0.2, -0.15) is 4.98 Å². The van der Waals surface area contributed by atoms with Gasteiger partial charge in [0.15, 0.2) is 0 Å². The first-order valence-electron chi connectivity index (χ1n) is 7.90. The number of hydrogen-bond donors (Lipinski definition) is 0. The van der Waals surface area contributed by atoms with Crippen molar-refractivity contribution in [3.63, 3.8) is 0 Å². The van der Waals surface area contributed by atoms with Gasteiger partial charge >= 0.3 is 5.69 Å². The molecular formula is C16H17BrClN3OS. The summed E-state index contributed by atoms with van der Waals surface area (Å²) in [7, 11) is 0. The van der Waals surface area contributed by atoms with Crippen molar-refractivity contribution in [3.8, 4) is 0 Å². The minimum Gasteiger partial charge on any atom is -0.353 e. The second-order valence-corrected chi connectivity index (χ2v) is 8.46. The molecule has 0 amide bonds. The molecule has 1 fully saturated rings. The molecule has 3 heterocycles. The lowest BCUT2D eigenvalue weighted by Crippen LogP contribution is -2.40. The minimum absolute atomic E-state index is 0.152. The lowest BCUT2D eigenvalue weighted by atomic mass is 10.0. The van der Waals surface area contributed by atoms with Gasteiger partial charge in [-0.15, -0.1) is 11.8 Å². The van der Waals surface area contributed by atoms with Crippen LogP contribution in [0.3, 0.4) is 0 Å². The topological polar surface area (TPSA) is 38.1 Å². The molecule has 0 saturated carbocycles. The van der Waals surface area contributed by atoms with E-state index in [9.17, 15) is 4.79 Å². The standard InChI is InChI=1S/C16H17BrClN3OS/c1-9-4-2-3-5-20(9)15-10-8-11(18)12(17)14-13(10)21(6-7-23-14)16(22)19-15/h8-9H,2-7H2,1H3/t9-/m0/s1. The highest BCUT2D eigenvalue weighted by Gasteiger charge is 2.27. The summed E-state index contributed by atoms with van der Waals surface area (Å²) in [5.74, 6) is 1.66. The number of benzene rings is 1. The molecular weight excluding hydrogens is 398 g/mol. The van der Waals surface area contributed by atoms with E-state index in [0.717, 1.165) is 51.2 Å². The number of nitrogens with zero attached hydrogens (tertiary/aromatic N) is 3. The van der Waals surface area contributed by atoms with Crippen LogP contribution in [0.25, 0.3) is 10.9 Å². The van der Waals surface area contributed by atoms with Crippen LogP contribution in [-0.2, 0) is 6.54 Å². The van der Waals surface area contributed by atoms with E-state index in [1.165, 1.54) is 6.42 Å². The first-order valence-corrected chi connectivity index (χ1v) is 10.1. The molecule has 4 rings (SSSR count). The molecule has 2 aromatic rings. The van der Waals surface area contributed by atoms with Crippen LogP contribution in [-0.4, -0.2) is 27.9 Å². The summed E-state index contributed by atoms with van der Waals surface area (Å²) >= 11 is 11.8. The maximum Gasteiger partial charge on any atom is 0.350 e. The fraction of sp³-hybridized carbons (Fsp3) is 0.500. The van der Waals surface area contributed by atoms with E-state index >= 15 is 0 Å². The fourth-order valence-electron chi connectivity index (χ4n) is 3.55. The second kappa shape index (κ2) is 5.97. The van der Waals surface area contributed by atoms with Gasteiger partial charge in [0.05, 0.1) is 15.0 Å². The minimum atomic E-state index is -0.152. The van der Waals surface area contributed by atoms with Crippen LogP contribution < -0.4 is 10.6 Å². The largest absolute Gasteiger partial charge is 0.353 e. The number of piperidine rings is 1. The molecule has 0 unspecified atom stereocenters. The van der Waals surface area contributed by atoms with Crippen LogP contribution >= 0.6 is 39.3 Å².